The minimum Gasteiger partial charge on any atom is -0.353 e. The van der Waals surface area contributed by atoms with Crippen LogP contribution in [0.15, 0.2) is 30.6 Å². The van der Waals surface area contributed by atoms with E-state index >= 15 is 0 Å². The van der Waals surface area contributed by atoms with Crippen molar-refractivity contribution in [3.63, 3.8) is 0 Å². The standard InChI is InChI=1S/C24H29ClFN5O.2ClH/c1-15-13-18(26)22-20(15)23(29-14-28-22)30-9-11-31(12-10-30)24(32)21(19-3-2-8-27-19)16-4-6-17(25)7-5-16;;/h4-7,14-15,18-19,21,27H,2-3,8-13H2,1H3;2*1H/t15-,18+,19?,21?;;/m1../s1. The molecule has 0 spiro atoms. The number of anilines is 1. The van der Waals surface area contributed by atoms with Gasteiger partial charge in [0.2, 0.25) is 5.91 Å². The average molecular weight is 531 g/mol. The highest BCUT2D eigenvalue weighted by Crippen LogP contribution is 2.44. The lowest BCUT2D eigenvalue weighted by molar-refractivity contribution is -0.133. The van der Waals surface area contributed by atoms with Gasteiger partial charge in [0.1, 0.15) is 18.3 Å². The number of rotatable bonds is 4. The van der Waals surface area contributed by atoms with Crippen molar-refractivity contribution in [2.75, 3.05) is 37.6 Å². The van der Waals surface area contributed by atoms with E-state index in [4.69, 9.17) is 11.6 Å². The number of carbonyl (C=O) groups excluding carboxylic acids is 1. The predicted octanol–water partition coefficient (Wildman–Crippen LogP) is 4.68. The molecule has 3 aliphatic rings. The fraction of sp³-hybridized carbons (Fsp3) is 0.542. The Hall–Kier alpha value is -1.67. The Bertz CT molecular complexity index is 981. The van der Waals surface area contributed by atoms with Crippen LogP contribution in [0.4, 0.5) is 10.2 Å². The van der Waals surface area contributed by atoms with E-state index in [9.17, 15) is 9.18 Å². The van der Waals surface area contributed by atoms with Gasteiger partial charge in [-0.1, -0.05) is 30.7 Å². The van der Waals surface area contributed by atoms with Crippen LogP contribution in [-0.2, 0) is 4.79 Å². The second-order valence-corrected chi connectivity index (χ2v) is 9.58. The third kappa shape index (κ3) is 5.13. The summed E-state index contributed by atoms with van der Waals surface area (Å²) in [4.78, 5) is 26.5. The van der Waals surface area contributed by atoms with Crippen molar-refractivity contribution in [2.24, 2.45) is 0 Å². The number of nitrogens with one attached hydrogen (secondary N) is 1. The fourth-order valence-corrected chi connectivity index (χ4v) is 5.59. The Morgan fingerprint density at radius 1 is 1.15 bits per heavy atom. The first kappa shape index (κ1) is 26.9. The Balaban J connectivity index is 0.00000162. The number of hydrogen-bond acceptors (Lipinski definition) is 5. The molecule has 1 aromatic carbocycles. The summed E-state index contributed by atoms with van der Waals surface area (Å²) in [5.74, 6) is 0.897. The lowest BCUT2D eigenvalue weighted by Gasteiger charge is -2.38. The molecule has 2 unspecified atom stereocenters. The van der Waals surface area contributed by atoms with Crippen LogP contribution in [0.5, 0.6) is 0 Å². The van der Waals surface area contributed by atoms with Crippen LogP contribution >= 0.6 is 36.4 Å². The van der Waals surface area contributed by atoms with Crippen LogP contribution in [0.3, 0.4) is 0 Å². The van der Waals surface area contributed by atoms with Crippen molar-refractivity contribution in [1.82, 2.24) is 20.2 Å². The van der Waals surface area contributed by atoms with Gasteiger partial charge in [-0.3, -0.25) is 4.79 Å². The van der Waals surface area contributed by atoms with E-state index in [1.807, 2.05) is 36.1 Å². The molecular weight excluding hydrogens is 500 g/mol. The molecule has 1 amide bonds. The van der Waals surface area contributed by atoms with Crippen molar-refractivity contribution < 1.29 is 9.18 Å². The molecule has 1 N–H and O–H groups in total. The van der Waals surface area contributed by atoms with Gasteiger partial charge in [-0.25, -0.2) is 14.4 Å². The zero-order chi connectivity index (χ0) is 22.2. The van der Waals surface area contributed by atoms with Crippen LogP contribution in [0, 0.1) is 0 Å². The van der Waals surface area contributed by atoms with Gasteiger partial charge in [0.25, 0.3) is 0 Å². The van der Waals surface area contributed by atoms with E-state index < -0.39 is 6.17 Å². The van der Waals surface area contributed by atoms with Gasteiger partial charge in [0.15, 0.2) is 0 Å². The van der Waals surface area contributed by atoms with Crippen molar-refractivity contribution in [2.45, 2.75) is 50.2 Å². The summed E-state index contributed by atoms with van der Waals surface area (Å²) in [5, 5.41) is 4.19. The topological polar surface area (TPSA) is 61.4 Å². The maximum atomic E-state index is 14.3. The summed E-state index contributed by atoms with van der Waals surface area (Å²) in [7, 11) is 0. The lowest BCUT2D eigenvalue weighted by Crippen LogP contribution is -2.52. The van der Waals surface area contributed by atoms with E-state index in [-0.39, 0.29) is 48.6 Å². The molecule has 2 aromatic rings. The Morgan fingerprint density at radius 2 is 1.85 bits per heavy atom. The molecule has 2 aliphatic heterocycles. The zero-order valence-electron chi connectivity index (χ0n) is 19.1. The zero-order valence-corrected chi connectivity index (χ0v) is 21.5. The van der Waals surface area contributed by atoms with Crippen molar-refractivity contribution in [3.8, 4) is 0 Å². The number of benzene rings is 1. The largest absolute Gasteiger partial charge is 0.353 e. The number of amides is 1. The Kier molecular flexibility index (Phi) is 9.01. The van der Waals surface area contributed by atoms with Crippen LogP contribution < -0.4 is 10.2 Å². The second kappa shape index (κ2) is 11.4. The predicted molar refractivity (Wildman–Crippen MR) is 137 cm³/mol. The number of nitrogens with zero attached hydrogens (tertiary/aromatic N) is 4. The monoisotopic (exact) mass is 529 g/mol. The summed E-state index contributed by atoms with van der Waals surface area (Å²) in [6.07, 6.45) is 3.01. The molecule has 2 saturated heterocycles. The van der Waals surface area contributed by atoms with Gasteiger partial charge < -0.3 is 15.1 Å². The number of piperazine rings is 1. The molecule has 186 valence electrons. The quantitative estimate of drug-likeness (QED) is 0.622. The molecule has 5 rings (SSSR count). The van der Waals surface area contributed by atoms with Crippen LogP contribution in [0.2, 0.25) is 5.02 Å². The van der Waals surface area contributed by atoms with Crippen LogP contribution in [-0.4, -0.2) is 59.5 Å². The van der Waals surface area contributed by atoms with E-state index in [0.29, 0.717) is 43.3 Å². The highest BCUT2D eigenvalue weighted by atomic mass is 35.5. The molecule has 6 nitrogen and oxygen atoms in total. The first-order valence-corrected chi connectivity index (χ1v) is 11.9. The Labute approximate surface area is 217 Å². The minimum atomic E-state index is -1.01. The summed E-state index contributed by atoms with van der Waals surface area (Å²) < 4.78 is 14.3. The van der Waals surface area contributed by atoms with Gasteiger partial charge in [-0.05, 0) is 49.4 Å². The summed E-state index contributed by atoms with van der Waals surface area (Å²) in [5.41, 5.74) is 2.49. The third-order valence-electron chi connectivity index (χ3n) is 7.13. The first-order chi connectivity index (χ1) is 15.5. The molecule has 4 atom stereocenters. The molecule has 1 aromatic heterocycles. The third-order valence-corrected chi connectivity index (χ3v) is 7.38. The van der Waals surface area contributed by atoms with Crippen molar-refractivity contribution >= 4 is 48.1 Å². The molecule has 0 bridgehead atoms. The van der Waals surface area contributed by atoms with Crippen molar-refractivity contribution in [1.29, 1.82) is 0 Å². The molecule has 1 aliphatic carbocycles. The lowest BCUT2D eigenvalue weighted by atomic mass is 9.89. The van der Waals surface area contributed by atoms with Gasteiger partial charge in [0, 0.05) is 42.8 Å². The van der Waals surface area contributed by atoms with Gasteiger partial charge in [-0.2, -0.15) is 0 Å². The Morgan fingerprint density at radius 3 is 2.50 bits per heavy atom. The molecule has 2 fully saturated rings. The highest BCUT2D eigenvalue weighted by Gasteiger charge is 2.38. The van der Waals surface area contributed by atoms with E-state index in [2.05, 4.69) is 20.2 Å². The maximum Gasteiger partial charge on any atom is 0.231 e. The van der Waals surface area contributed by atoms with Gasteiger partial charge in [-0.15, -0.1) is 24.8 Å². The SMILES string of the molecule is C[C@@H]1C[C@H](F)c2ncnc(N3CCN(C(=O)C(c4ccc(Cl)cc4)C4CCCN4)CC3)c21.Cl.Cl. The summed E-state index contributed by atoms with van der Waals surface area (Å²) >= 11 is 6.09. The van der Waals surface area contributed by atoms with Crippen LogP contribution in [0.1, 0.15) is 61.0 Å². The smallest absolute Gasteiger partial charge is 0.231 e. The van der Waals surface area contributed by atoms with Gasteiger partial charge >= 0.3 is 0 Å². The molecule has 0 saturated carbocycles. The number of aromatic nitrogens is 2. The van der Waals surface area contributed by atoms with Crippen LogP contribution in [0.25, 0.3) is 0 Å². The molecule has 3 heterocycles. The molecule has 34 heavy (non-hydrogen) atoms. The maximum absolute atomic E-state index is 14.3. The second-order valence-electron chi connectivity index (χ2n) is 9.14. The number of halogens is 4. The summed E-state index contributed by atoms with van der Waals surface area (Å²) in [6.45, 7) is 5.61. The number of alkyl halides is 1. The normalized spacial score (nSPS) is 24.7. The van der Waals surface area contributed by atoms with Gasteiger partial charge in [0.05, 0.1) is 11.6 Å². The average Bonchev–Trinajstić information content (AvgIpc) is 3.44. The van der Waals surface area contributed by atoms with E-state index in [1.54, 1.807) is 0 Å². The minimum absolute atomic E-state index is 0. The number of fused-ring (bicyclic) bond motifs is 1. The molecular formula is C24H31Cl3FN5O. The number of carbonyl (C=O) groups is 1. The summed E-state index contributed by atoms with van der Waals surface area (Å²) in [6, 6.07) is 7.81. The highest BCUT2D eigenvalue weighted by molar-refractivity contribution is 6.30. The van der Waals surface area contributed by atoms with E-state index in [0.717, 1.165) is 36.3 Å². The number of hydrogen-bond donors (Lipinski definition) is 1. The molecule has 10 heteroatoms. The van der Waals surface area contributed by atoms with E-state index in [1.165, 1.54) is 6.33 Å². The molecule has 0 radical (unpaired) electrons. The fourth-order valence-electron chi connectivity index (χ4n) is 5.46. The van der Waals surface area contributed by atoms with Crippen molar-refractivity contribution in [3.05, 3.63) is 52.4 Å². The first-order valence-electron chi connectivity index (χ1n) is 11.5.